The van der Waals surface area contributed by atoms with Crippen molar-refractivity contribution in [3.8, 4) is 0 Å². The Morgan fingerprint density at radius 3 is 2.42 bits per heavy atom. The zero-order valence-electron chi connectivity index (χ0n) is 7.18. The summed E-state index contributed by atoms with van der Waals surface area (Å²) in [6.07, 6.45) is 1.14. The molecule has 0 spiro atoms. The van der Waals surface area contributed by atoms with Crippen LogP contribution in [0.15, 0.2) is 6.20 Å². The summed E-state index contributed by atoms with van der Waals surface area (Å²) >= 11 is 0. The van der Waals surface area contributed by atoms with Gasteiger partial charge < -0.3 is 10.1 Å². The lowest BCUT2D eigenvalue weighted by Crippen LogP contribution is -2.24. The number of nitrogens with zero attached hydrogens (tertiary/aromatic N) is 4. The average molecular weight is 170 g/mol. The van der Waals surface area contributed by atoms with Crippen molar-refractivity contribution in [1.82, 2.24) is 15.0 Å². The Labute approximate surface area is 69.3 Å². The van der Waals surface area contributed by atoms with E-state index in [9.17, 15) is 10.1 Å². The molecule has 12 heavy (non-hydrogen) atoms. The van der Waals surface area contributed by atoms with Crippen molar-refractivity contribution >= 4 is 5.82 Å². The van der Waals surface area contributed by atoms with E-state index in [1.807, 2.05) is 20.8 Å². The fourth-order valence-electron chi connectivity index (χ4n) is 0.662. The molecule has 1 rings (SSSR count). The Bertz CT molecular complexity index is 299. The van der Waals surface area contributed by atoms with E-state index in [-0.39, 0.29) is 11.4 Å². The van der Waals surface area contributed by atoms with Gasteiger partial charge in [-0.15, -0.1) is 5.10 Å². The van der Waals surface area contributed by atoms with Gasteiger partial charge >= 0.3 is 5.82 Å². The molecule has 0 saturated carbocycles. The Morgan fingerprint density at radius 1 is 1.58 bits per heavy atom. The summed E-state index contributed by atoms with van der Waals surface area (Å²) in [6.45, 7) is 5.62. The van der Waals surface area contributed by atoms with Gasteiger partial charge in [0.05, 0.1) is 10.6 Å². The largest absolute Gasteiger partial charge is 0.410 e. The molecule has 0 bridgehead atoms. The molecule has 0 atom stereocenters. The van der Waals surface area contributed by atoms with Crippen LogP contribution >= 0.6 is 0 Å². The quantitative estimate of drug-likeness (QED) is 0.464. The summed E-state index contributed by atoms with van der Waals surface area (Å²) in [7, 11) is 0. The van der Waals surface area contributed by atoms with E-state index in [1.165, 1.54) is 4.80 Å². The lowest BCUT2D eigenvalue weighted by molar-refractivity contribution is -0.390. The maximum Gasteiger partial charge on any atom is 0.410 e. The Kier molecular flexibility index (Phi) is 1.83. The normalized spacial score (nSPS) is 11.6. The molecule has 1 aromatic rings. The highest BCUT2D eigenvalue weighted by atomic mass is 16.6. The Hall–Kier alpha value is -1.46. The number of hydrogen-bond donors (Lipinski definition) is 0. The van der Waals surface area contributed by atoms with Gasteiger partial charge in [0.15, 0.2) is 6.20 Å². The van der Waals surface area contributed by atoms with E-state index in [1.54, 1.807) is 0 Å². The minimum Gasteiger partial charge on any atom is -0.358 e. The zero-order chi connectivity index (χ0) is 9.35. The lowest BCUT2D eigenvalue weighted by Gasteiger charge is -2.11. The van der Waals surface area contributed by atoms with Crippen LogP contribution in [-0.4, -0.2) is 19.9 Å². The van der Waals surface area contributed by atoms with Crippen LogP contribution in [0.3, 0.4) is 0 Å². The van der Waals surface area contributed by atoms with Crippen molar-refractivity contribution in [3.05, 3.63) is 16.3 Å². The second-order valence-corrected chi connectivity index (χ2v) is 3.42. The van der Waals surface area contributed by atoms with Crippen LogP contribution in [-0.2, 0) is 5.54 Å². The molecular weight excluding hydrogens is 160 g/mol. The summed E-state index contributed by atoms with van der Waals surface area (Å²) in [5.74, 6) is -0.218. The monoisotopic (exact) mass is 170 g/mol. The van der Waals surface area contributed by atoms with Crippen LogP contribution < -0.4 is 0 Å². The van der Waals surface area contributed by atoms with E-state index in [0.29, 0.717) is 0 Å². The van der Waals surface area contributed by atoms with Crippen molar-refractivity contribution in [3.63, 3.8) is 0 Å². The zero-order valence-corrected chi connectivity index (χ0v) is 7.18. The number of hydrogen-bond acceptors (Lipinski definition) is 4. The molecule has 1 heterocycles. The standard InChI is InChI=1S/C6H10N4O2/c1-6(2,3)10-7-4-5(8-10)9(11)12/h4H,1-3H3. The van der Waals surface area contributed by atoms with E-state index >= 15 is 0 Å². The summed E-state index contributed by atoms with van der Waals surface area (Å²) in [5, 5.41) is 17.7. The Morgan fingerprint density at radius 2 is 2.17 bits per heavy atom. The van der Waals surface area contributed by atoms with E-state index in [2.05, 4.69) is 10.2 Å². The van der Waals surface area contributed by atoms with Crippen LogP contribution in [0.5, 0.6) is 0 Å². The van der Waals surface area contributed by atoms with Crippen LogP contribution in [0.1, 0.15) is 20.8 Å². The molecule has 66 valence electrons. The maximum absolute atomic E-state index is 10.2. The highest BCUT2D eigenvalue weighted by molar-refractivity contribution is 5.08. The van der Waals surface area contributed by atoms with Crippen LogP contribution in [0.2, 0.25) is 0 Å². The van der Waals surface area contributed by atoms with Gasteiger partial charge in [0.1, 0.15) is 0 Å². The second kappa shape index (κ2) is 2.54. The minimum atomic E-state index is -0.560. The SMILES string of the molecule is CC(C)(C)n1ncc([N+](=O)[O-])n1. The highest BCUT2D eigenvalue weighted by Gasteiger charge is 2.22. The molecule has 0 saturated heterocycles. The van der Waals surface area contributed by atoms with Gasteiger partial charge in [0.25, 0.3) is 0 Å². The third-order valence-corrected chi connectivity index (χ3v) is 1.27. The van der Waals surface area contributed by atoms with Gasteiger partial charge in [-0.1, -0.05) is 4.80 Å². The van der Waals surface area contributed by atoms with Gasteiger partial charge in [0, 0.05) is 0 Å². The van der Waals surface area contributed by atoms with Crippen LogP contribution in [0.4, 0.5) is 5.82 Å². The molecule has 0 amide bonds. The first-order valence-corrected chi connectivity index (χ1v) is 3.48. The molecule has 0 aliphatic heterocycles. The van der Waals surface area contributed by atoms with E-state index in [4.69, 9.17) is 0 Å². The lowest BCUT2D eigenvalue weighted by atomic mass is 10.1. The summed E-state index contributed by atoms with van der Waals surface area (Å²) in [6, 6.07) is 0. The molecule has 0 N–H and O–H groups in total. The van der Waals surface area contributed by atoms with Crippen molar-refractivity contribution in [2.75, 3.05) is 0 Å². The Balaban J connectivity index is 3.00. The van der Waals surface area contributed by atoms with E-state index < -0.39 is 4.92 Å². The molecule has 0 aliphatic rings. The number of rotatable bonds is 1. The summed E-state index contributed by atoms with van der Waals surface area (Å²) in [4.78, 5) is 11.0. The first kappa shape index (κ1) is 8.63. The third-order valence-electron chi connectivity index (χ3n) is 1.27. The van der Waals surface area contributed by atoms with Gasteiger partial charge in [0.2, 0.25) is 0 Å². The first-order valence-electron chi connectivity index (χ1n) is 3.48. The van der Waals surface area contributed by atoms with Crippen molar-refractivity contribution in [2.45, 2.75) is 26.3 Å². The number of aromatic nitrogens is 3. The predicted octanol–water partition coefficient (Wildman–Crippen LogP) is 0.941. The topological polar surface area (TPSA) is 73.8 Å². The fourth-order valence-corrected chi connectivity index (χ4v) is 0.662. The van der Waals surface area contributed by atoms with E-state index in [0.717, 1.165) is 6.20 Å². The highest BCUT2D eigenvalue weighted by Crippen LogP contribution is 2.12. The predicted molar refractivity (Wildman–Crippen MR) is 41.7 cm³/mol. The molecule has 0 unspecified atom stereocenters. The molecule has 6 heteroatoms. The molecule has 0 fully saturated rings. The summed E-state index contributed by atoms with van der Waals surface area (Å²) < 4.78 is 0. The van der Waals surface area contributed by atoms with Gasteiger partial charge in [-0.05, 0) is 25.7 Å². The minimum absolute atomic E-state index is 0.218. The van der Waals surface area contributed by atoms with Gasteiger partial charge in [-0.2, -0.15) is 0 Å². The van der Waals surface area contributed by atoms with Gasteiger partial charge in [-0.3, -0.25) is 0 Å². The van der Waals surface area contributed by atoms with Gasteiger partial charge in [-0.25, -0.2) is 0 Å². The molecule has 0 aromatic carbocycles. The average Bonchev–Trinajstić information content (AvgIpc) is 2.30. The molecule has 0 radical (unpaired) electrons. The van der Waals surface area contributed by atoms with Crippen molar-refractivity contribution < 1.29 is 4.92 Å². The summed E-state index contributed by atoms with van der Waals surface area (Å²) in [5.41, 5.74) is -0.311. The van der Waals surface area contributed by atoms with Crippen LogP contribution in [0, 0.1) is 10.1 Å². The molecule has 0 aliphatic carbocycles. The number of nitro groups is 1. The second-order valence-electron chi connectivity index (χ2n) is 3.42. The maximum atomic E-state index is 10.2. The first-order chi connectivity index (χ1) is 5.41. The molecular formula is C6H10N4O2. The smallest absolute Gasteiger partial charge is 0.358 e. The molecule has 6 nitrogen and oxygen atoms in total. The fraction of sp³-hybridized carbons (Fsp3) is 0.667. The van der Waals surface area contributed by atoms with Crippen LogP contribution in [0.25, 0.3) is 0 Å². The van der Waals surface area contributed by atoms with Crippen molar-refractivity contribution in [2.24, 2.45) is 0 Å². The molecule has 1 aromatic heterocycles. The third kappa shape index (κ3) is 1.58. The van der Waals surface area contributed by atoms with Crippen molar-refractivity contribution in [1.29, 1.82) is 0 Å².